The molecule has 2 aromatic rings. The van der Waals surface area contributed by atoms with E-state index in [0.717, 1.165) is 15.7 Å². The van der Waals surface area contributed by atoms with Gasteiger partial charge in [-0.15, -0.1) is 5.10 Å². The number of hydrogen-bond acceptors (Lipinski definition) is 4. The van der Waals surface area contributed by atoms with Crippen molar-refractivity contribution in [2.24, 2.45) is 0 Å². The molecule has 0 atom stereocenters. The molecule has 0 amide bonds. The molecule has 104 valence electrons. The van der Waals surface area contributed by atoms with Crippen molar-refractivity contribution in [2.45, 2.75) is 32.9 Å². The third-order valence-corrected chi connectivity index (χ3v) is 3.18. The maximum Gasteiger partial charge on any atom is 0.252 e. The van der Waals surface area contributed by atoms with Crippen LogP contribution in [0.4, 0.5) is 0 Å². The summed E-state index contributed by atoms with van der Waals surface area (Å²) in [5, 5.41) is 16.4. The van der Waals surface area contributed by atoms with E-state index >= 15 is 0 Å². The Morgan fingerprint density at radius 3 is 2.75 bits per heavy atom. The molecule has 0 bridgehead atoms. The van der Waals surface area contributed by atoms with Gasteiger partial charge in [0.1, 0.15) is 12.4 Å². The second-order valence-electron chi connectivity index (χ2n) is 5.50. The van der Waals surface area contributed by atoms with Gasteiger partial charge in [-0.25, -0.2) is 9.67 Å². The minimum Gasteiger partial charge on any atom is -0.308 e. The first-order valence-electron chi connectivity index (χ1n) is 6.24. The highest BCUT2D eigenvalue weighted by Gasteiger charge is 2.12. The van der Waals surface area contributed by atoms with E-state index in [2.05, 4.69) is 52.1 Å². The summed E-state index contributed by atoms with van der Waals surface area (Å²) in [7, 11) is 0. The smallest absolute Gasteiger partial charge is 0.252 e. The third kappa shape index (κ3) is 3.65. The van der Waals surface area contributed by atoms with Gasteiger partial charge in [0.2, 0.25) is 0 Å². The highest BCUT2D eigenvalue weighted by molar-refractivity contribution is 9.10. The molecule has 0 spiro atoms. The van der Waals surface area contributed by atoms with Crippen molar-refractivity contribution in [3.05, 3.63) is 40.4 Å². The summed E-state index contributed by atoms with van der Waals surface area (Å²) in [5.41, 5.74) is 2.03. The highest BCUT2D eigenvalue weighted by Crippen LogP contribution is 2.20. The Bertz CT molecular complexity index is 648. The van der Waals surface area contributed by atoms with Gasteiger partial charge in [-0.2, -0.15) is 5.26 Å². The summed E-state index contributed by atoms with van der Waals surface area (Å²) in [6.07, 6.45) is 1.56. The van der Waals surface area contributed by atoms with Crippen LogP contribution in [-0.2, 0) is 6.54 Å². The molecule has 0 saturated heterocycles. The number of nitrogens with zero attached hydrogens (tertiary/aromatic N) is 4. The maximum absolute atomic E-state index is 8.81. The minimum atomic E-state index is 0.0275. The lowest BCUT2D eigenvalue weighted by atomic mass is 10.1. The average Bonchev–Trinajstić information content (AvgIpc) is 2.84. The van der Waals surface area contributed by atoms with Crippen LogP contribution in [0.15, 0.2) is 29.0 Å². The largest absolute Gasteiger partial charge is 0.308 e. The molecule has 20 heavy (non-hydrogen) atoms. The van der Waals surface area contributed by atoms with Gasteiger partial charge < -0.3 is 5.32 Å². The highest BCUT2D eigenvalue weighted by atomic mass is 79.9. The van der Waals surface area contributed by atoms with Gasteiger partial charge in [0.05, 0.1) is 5.69 Å². The van der Waals surface area contributed by atoms with Crippen LogP contribution < -0.4 is 5.32 Å². The molecule has 0 unspecified atom stereocenters. The molecule has 1 aromatic carbocycles. The molecule has 2 rings (SSSR count). The van der Waals surface area contributed by atoms with Crippen molar-refractivity contribution in [2.75, 3.05) is 0 Å². The van der Waals surface area contributed by atoms with Crippen LogP contribution in [0.25, 0.3) is 5.69 Å². The van der Waals surface area contributed by atoms with Crippen molar-refractivity contribution in [3.8, 4) is 11.8 Å². The van der Waals surface area contributed by atoms with Crippen LogP contribution in [-0.4, -0.2) is 20.3 Å². The Hall–Kier alpha value is -1.71. The number of benzene rings is 1. The predicted octanol–water partition coefficient (Wildman–Crippen LogP) is 2.79. The zero-order chi connectivity index (χ0) is 14.8. The van der Waals surface area contributed by atoms with Crippen LogP contribution in [0, 0.1) is 11.3 Å². The van der Waals surface area contributed by atoms with E-state index in [1.54, 1.807) is 11.0 Å². The topological polar surface area (TPSA) is 66.5 Å². The summed E-state index contributed by atoms with van der Waals surface area (Å²) >= 11 is 3.48. The molecule has 0 aliphatic heterocycles. The molecule has 1 heterocycles. The predicted molar refractivity (Wildman–Crippen MR) is 80.4 cm³/mol. The molecule has 5 nitrogen and oxygen atoms in total. The fourth-order valence-electron chi connectivity index (χ4n) is 1.71. The number of nitrogens with one attached hydrogen (secondary N) is 1. The Balaban J connectivity index is 2.35. The Morgan fingerprint density at radius 1 is 1.40 bits per heavy atom. The first-order chi connectivity index (χ1) is 9.39. The summed E-state index contributed by atoms with van der Waals surface area (Å²) in [6, 6.07) is 7.89. The van der Waals surface area contributed by atoms with Gasteiger partial charge in [0, 0.05) is 16.6 Å². The first kappa shape index (κ1) is 14.7. The van der Waals surface area contributed by atoms with Gasteiger partial charge in [-0.1, -0.05) is 15.9 Å². The number of rotatable bonds is 3. The fraction of sp³-hybridized carbons (Fsp3) is 0.357. The standard InChI is InChI=1S/C14H16BrN5/c1-14(2,3)18-8-10-6-11(15)4-5-12(10)20-9-17-13(7-16)19-20/h4-6,9,18H,8H2,1-3H3. The van der Waals surface area contributed by atoms with Gasteiger partial charge in [-0.05, 0) is 44.5 Å². The number of aromatic nitrogens is 3. The van der Waals surface area contributed by atoms with Gasteiger partial charge in [0.25, 0.3) is 5.82 Å². The number of halogens is 1. The van der Waals surface area contributed by atoms with E-state index in [4.69, 9.17) is 5.26 Å². The Morgan fingerprint density at radius 2 is 2.15 bits per heavy atom. The monoisotopic (exact) mass is 333 g/mol. The second-order valence-corrected chi connectivity index (χ2v) is 6.42. The number of nitriles is 1. The lowest BCUT2D eigenvalue weighted by molar-refractivity contribution is 0.423. The van der Waals surface area contributed by atoms with Gasteiger partial charge >= 0.3 is 0 Å². The first-order valence-corrected chi connectivity index (χ1v) is 7.04. The van der Waals surface area contributed by atoms with E-state index in [1.807, 2.05) is 24.3 Å². The molecule has 0 radical (unpaired) electrons. The quantitative estimate of drug-likeness (QED) is 0.937. The summed E-state index contributed by atoms with van der Waals surface area (Å²) < 4.78 is 2.64. The second kappa shape index (κ2) is 5.73. The van der Waals surface area contributed by atoms with Crippen molar-refractivity contribution < 1.29 is 0 Å². The molecule has 1 N–H and O–H groups in total. The summed E-state index contributed by atoms with van der Waals surface area (Å²) in [6.45, 7) is 7.07. The zero-order valence-electron chi connectivity index (χ0n) is 11.7. The molecular weight excluding hydrogens is 318 g/mol. The van der Waals surface area contributed by atoms with Crippen LogP contribution >= 0.6 is 15.9 Å². The molecule has 0 saturated carbocycles. The summed E-state index contributed by atoms with van der Waals surface area (Å²) in [5.74, 6) is 0.169. The summed E-state index contributed by atoms with van der Waals surface area (Å²) in [4.78, 5) is 3.94. The zero-order valence-corrected chi connectivity index (χ0v) is 13.3. The van der Waals surface area contributed by atoms with Crippen molar-refractivity contribution in [3.63, 3.8) is 0 Å². The van der Waals surface area contributed by atoms with E-state index in [9.17, 15) is 0 Å². The Labute approximate surface area is 126 Å². The lowest BCUT2D eigenvalue weighted by Crippen LogP contribution is -2.35. The van der Waals surface area contributed by atoms with Crippen LogP contribution in [0.2, 0.25) is 0 Å². The van der Waals surface area contributed by atoms with Gasteiger partial charge in [0.15, 0.2) is 0 Å². The van der Waals surface area contributed by atoms with E-state index < -0.39 is 0 Å². The molecular formula is C14H16BrN5. The minimum absolute atomic E-state index is 0.0275. The van der Waals surface area contributed by atoms with E-state index in [0.29, 0.717) is 6.54 Å². The van der Waals surface area contributed by atoms with E-state index in [-0.39, 0.29) is 11.4 Å². The van der Waals surface area contributed by atoms with Crippen molar-refractivity contribution in [1.82, 2.24) is 20.1 Å². The maximum atomic E-state index is 8.81. The fourth-order valence-corrected chi connectivity index (χ4v) is 2.12. The normalized spacial score (nSPS) is 11.3. The Kier molecular flexibility index (Phi) is 4.21. The molecule has 1 aromatic heterocycles. The van der Waals surface area contributed by atoms with Crippen LogP contribution in [0.5, 0.6) is 0 Å². The van der Waals surface area contributed by atoms with Gasteiger partial charge in [-0.3, -0.25) is 0 Å². The van der Waals surface area contributed by atoms with E-state index in [1.165, 1.54) is 0 Å². The van der Waals surface area contributed by atoms with Crippen molar-refractivity contribution in [1.29, 1.82) is 5.26 Å². The molecule has 0 aliphatic rings. The molecule has 0 fully saturated rings. The lowest BCUT2D eigenvalue weighted by Gasteiger charge is -2.21. The van der Waals surface area contributed by atoms with Crippen molar-refractivity contribution >= 4 is 15.9 Å². The third-order valence-electron chi connectivity index (χ3n) is 2.69. The molecule has 0 aliphatic carbocycles. The van der Waals surface area contributed by atoms with Crippen LogP contribution in [0.3, 0.4) is 0 Å². The van der Waals surface area contributed by atoms with Crippen LogP contribution in [0.1, 0.15) is 32.2 Å². The SMILES string of the molecule is CC(C)(C)NCc1cc(Br)ccc1-n1cnc(C#N)n1. The average molecular weight is 334 g/mol. The molecule has 6 heteroatoms. The number of hydrogen-bond donors (Lipinski definition) is 1.